The maximum atomic E-state index is 9.60. The SMILES string of the molecule is [CH2]C(O)C(C)(O)CCC(O)C(C)(C)O. The molecule has 0 aliphatic carbocycles. The fourth-order valence-corrected chi connectivity index (χ4v) is 0.949. The van der Waals surface area contributed by atoms with Crippen molar-refractivity contribution < 1.29 is 20.4 Å². The molecule has 0 saturated carbocycles. The largest absolute Gasteiger partial charge is 0.390 e. The third kappa shape index (κ3) is 4.37. The molecule has 0 fully saturated rings. The van der Waals surface area contributed by atoms with Crippen molar-refractivity contribution in [2.75, 3.05) is 0 Å². The van der Waals surface area contributed by atoms with Crippen LogP contribution in [-0.2, 0) is 0 Å². The van der Waals surface area contributed by atoms with Gasteiger partial charge in [-0.15, -0.1) is 0 Å². The first-order valence-corrected chi connectivity index (χ1v) is 4.71. The van der Waals surface area contributed by atoms with E-state index >= 15 is 0 Å². The summed E-state index contributed by atoms with van der Waals surface area (Å²) in [6.45, 7) is 7.74. The second kappa shape index (κ2) is 4.57. The van der Waals surface area contributed by atoms with E-state index in [4.69, 9.17) is 5.11 Å². The van der Waals surface area contributed by atoms with Crippen LogP contribution in [0.4, 0.5) is 0 Å². The Hall–Kier alpha value is -0.160. The molecule has 14 heavy (non-hydrogen) atoms. The first-order valence-electron chi connectivity index (χ1n) is 4.71. The smallest absolute Gasteiger partial charge is 0.0878 e. The molecule has 0 aliphatic rings. The Bertz CT molecular complexity index is 169. The van der Waals surface area contributed by atoms with Crippen LogP contribution < -0.4 is 0 Å². The van der Waals surface area contributed by atoms with Crippen molar-refractivity contribution in [3.8, 4) is 0 Å². The Balaban J connectivity index is 4.07. The van der Waals surface area contributed by atoms with Gasteiger partial charge in [-0.25, -0.2) is 0 Å². The number of aliphatic hydroxyl groups excluding tert-OH is 2. The molecule has 0 saturated heterocycles. The van der Waals surface area contributed by atoms with E-state index < -0.39 is 23.4 Å². The molecule has 0 heterocycles. The molecule has 0 aliphatic heterocycles. The normalized spacial score (nSPS) is 21.4. The predicted octanol–water partition coefficient (Wildman–Crippen LogP) is -0.156. The summed E-state index contributed by atoms with van der Waals surface area (Å²) < 4.78 is 0. The van der Waals surface area contributed by atoms with Crippen molar-refractivity contribution in [3.05, 3.63) is 6.92 Å². The molecule has 4 heteroatoms. The molecule has 0 bridgehead atoms. The van der Waals surface area contributed by atoms with Gasteiger partial charge in [0.2, 0.25) is 0 Å². The lowest BCUT2D eigenvalue weighted by Gasteiger charge is -2.30. The highest BCUT2D eigenvalue weighted by atomic mass is 16.3. The van der Waals surface area contributed by atoms with Crippen molar-refractivity contribution in [1.29, 1.82) is 0 Å². The van der Waals surface area contributed by atoms with Crippen LogP contribution in [0.25, 0.3) is 0 Å². The fraction of sp³-hybridized carbons (Fsp3) is 0.900. The average Bonchev–Trinajstić information content (AvgIpc) is 1.98. The van der Waals surface area contributed by atoms with Gasteiger partial charge in [0.05, 0.1) is 23.4 Å². The van der Waals surface area contributed by atoms with E-state index in [1.807, 2.05) is 0 Å². The quantitative estimate of drug-likeness (QED) is 0.503. The van der Waals surface area contributed by atoms with Crippen LogP contribution in [0.2, 0.25) is 0 Å². The van der Waals surface area contributed by atoms with Gasteiger partial charge in [0, 0.05) is 0 Å². The summed E-state index contributed by atoms with van der Waals surface area (Å²) in [5, 5.41) is 37.6. The van der Waals surface area contributed by atoms with Gasteiger partial charge < -0.3 is 20.4 Å². The molecule has 0 rings (SSSR count). The first kappa shape index (κ1) is 13.8. The lowest BCUT2D eigenvalue weighted by molar-refractivity contribution is -0.0822. The third-order valence-corrected chi connectivity index (χ3v) is 2.46. The van der Waals surface area contributed by atoms with Crippen LogP contribution in [0, 0.1) is 6.92 Å². The number of hydrogen-bond donors (Lipinski definition) is 4. The summed E-state index contributed by atoms with van der Waals surface area (Å²) in [5.41, 5.74) is -2.52. The fourth-order valence-electron chi connectivity index (χ4n) is 0.949. The number of aliphatic hydroxyl groups is 4. The molecule has 3 unspecified atom stereocenters. The van der Waals surface area contributed by atoms with Crippen LogP contribution in [0.1, 0.15) is 33.6 Å². The molecule has 85 valence electrons. The number of hydrogen-bond acceptors (Lipinski definition) is 4. The van der Waals surface area contributed by atoms with Crippen molar-refractivity contribution >= 4 is 0 Å². The Labute approximate surface area is 85.2 Å². The maximum Gasteiger partial charge on any atom is 0.0878 e. The highest BCUT2D eigenvalue weighted by Crippen LogP contribution is 2.21. The van der Waals surface area contributed by atoms with Gasteiger partial charge in [-0.05, 0) is 40.5 Å². The Kier molecular flexibility index (Phi) is 4.52. The van der Waals surface area contributed by atoms with Gasteiger partial charge in [0.1, 0.15) is 0 Å². The van der Waals surface area contributed by atoms with Gasteiger partial charge >= 0.3 is 0 Å². The van der Waals surface area contributed by atoms with Gasteiger partial charge in [-0.1, -0.05) is 0 Å². The van der Waals surface area contributed by atoms with Crippen LogP contribution in [0.5, 0.6) is 0 Å². The van der Waals surface area contributed by atoms with E-state index in [1.54, 1.807) is 0 Å². The zero-order valence-corrected chi connectivity index (χ0v) is 9.06. The summed E-state index contributed by atoms with van der Waals surface area (Å²) in [6, 6.07) is 0. The Morgan fingerprint density at radius 2 is 1.57 bits per heavy atom. The van der Waals surface area contributed by atoms with Crippen LogP contribution >= 0.6 is 0 Å². The molecule has 0 spiro atoms. The van der Waals surface area contributed by atoms with Gasteiger partial charge in [0.25, 0.3) is 0 Å². The topological polar surface area (TPSA) is 80.9 Å². The van der Waals surface area contributed by atoms with Crippen LogP contribution in [0.3, 0.4) is 0 Å². The van der Waals surface area contributed by atoms with Crippen molar-refractivity contribution in [1.82, 2.24) is 0 Å². The maximum absolute atomic E-state index is 9.60. The minimum atomic E-state index is -1.33. The molecule has 4 nitrogen and oxygen atoms in total. The highest BCUT2D eigenvalue weighted by molar-refractivity contribution is 4.86. The molecule has 0 aromatic rings. The van der Waals surface area contributed by atoms with E-state index in [9.17, 15) is 15.3 Å². The zero-order valence-electron chi connectivity index (χ0n) is 9.06. The Morgan fingerprint density at radius 1 is 1.14 bits per heavy atom. The molecule has 0 amide bonds. The van der Waals surface area contributed by atoms with Gasteiger partial charge in [-0.3, -0.25) is 0 Å². The lowest BCUT2D eigenvalue weighted by atomic mass is 9.89. The van der Waals surface area contributed by atoms with Crippen molar-refractivity contribution in [2.24, 2.45) is 0 Å². The minimum absolute atomic E-state index is 0.183. The summed E-state index contributed by atoms with van der Waals surface area (Å²) in [7, 11) is 0. The van der Waals surface area contributed by atoms with Crippen LogP contribution in [-0.4, -0.2) is 43.8 Å². The monoisotopic (exact) mass is 205 g/mol. The molecule has 4 N–H and O–H groups in total. The van der Waals surface area contributed by atoms with Crippen LogP contribution in [0.15, 0.2) is 0 Å². The van der Waals surface area contributed by atoms with E-state index in [1.165, 1.54) is 20.8 Å². The molecule has 1 radical (unpaired) electrons. The van der Waals surface area contributed by atoms with E-state index in [0.29, 0.717) is 0 Å². The zero-order chi connectivity index (χ0) is 11.6. The van der Waals surface area contributed by atoms with Crippen molar-refractivity contribution in [2.45, 2.75) is 57.0 Å². The highest BCUT2D eigenvalue weighted by Gasteiger charge is 2.31. The minimum Gasteiger partial charge on any atom is -0.390 e. The summed E-state index contributed by atoms with van der Waals surface area (Å²) in [4.78, 5) is 0. The van der Waals surface area contributed by atoms with E-state index in [-0.39, 0.29) is 12.8 Å². The molecule has 0 aromatic carbocycles. The summed E-state index contributed by atoms with van der Waals surface area (Å²) >= 11 is 0. The second-order valence-corrected chi connectivity index (χ2v) is 4.58. The van der Waals surface area contributed by atoms with Gasteiger partial charge in [0.15, 0.2) is 0 Å². The predicted molar refractivity (Wildman–Crippen MR) is 53.5 cm³/mol. The molecular formula is C10H21O4. The average molecular weight is 205 g/mol. The summed E-state index contributed by atoms with van der Waals surface area (Å²) in [5.74, 6) is 0. The standard InChI is InChI=1S/C10H21O4/c1-7(11)10(4,14)6-5-8(12)9(2,3)13/h7-8,11-14H,1,5-6H2,2-4H3. The van der Waals surface area contributed by atoms with E-state index in [0.717, 1.165) is 0 Å². The molecule has 0 aromatic heterocycles. The Morgan fingerprint density at radius 3 is 1.86 bits per heavy atom. The third-order valence-electron chi connectivity index (χ3n) is 2.46. The molecule has 3 atom stereocenters. The van der Waals surface area contributed by atoms with E-state index in [2.05, 4.69) is 6.92 Å². The van der Waals surface area contributed by atoms with Crippen molar-refractivity contribution in [3.63, 3.8) is 0 Å². The van der Waals surface area contributed by atoms with Gasteiger partial charge in [-0.2, -0.15) is 0 Å². The second-order valence-electron chi connectivity index (χ2n) is 4.58. The lowest BCUT2D eigenvalue weighted by Crippen LogP contribution is -2.41. The first-order chi connectivity index (χ1) is 6.07. The molecular weight excluding hydrogens is 184 g/mol. The summed E-state index contributed by atoms with van der Waals surface area (Å²) in [6.07, 6.45) is -1.63. The number of rotatable bonds is 5.